The van der Waals surface area contributed by atoms with Crippen molar-refractivity contribution in [1.29, 1.82) is 0 Å². The van der Waals surface area contributed by atoms with Crippen LogP contribution in [0.1, 0.15) is 130 Å². The van der Waals surface area contributed by atoms with Gasteiger partial charge in [-0.05, 0) is 39.0 Å². The number of hydrogen-bond acceptors (Lipinski definition) is 2. The lowest BCUT2D eigenvalue weighted by Crippen LogP contribution is -2.56. The Morgan fingerprint density at radius 1 is 0.800 bits per heavy atom. The van der Waals surface area contributed by atoms with Crippen molar-refractivity contribution in [1.82, 2.24) is 0 Å². The van der Waals surface area contributed by atoms with E-state index >= 15 is 0 Å². The first-order valence-corrected chi connectivity index (χ1v) is 13.4. The second-order valence-corrected chi connectivity index (χ2v) is 9.40. The summed E-state index contributed by atoms with van der Waals surface area (Å²) in [6.45, 7) is 9.21. The molecule has 1 rings (SSSR count). The molecule has 0 fully saturated rings. The van der Waals surface area contributed by atoms with Crippen LogP contribution in [0.2, 0.25) is 0 Å². The summed E-state index contributed by atoms with van der Waals surface area (Å²) in [5, 5.41) is 10.2. The molecule has 0 radical (unpaired) electrons. The topological polar surface area (TPSA) is 32.6 Å². The normalized spacial score (nSPS) is 20.2. The fourth-order valence-corrected chi connectivity index (χ4v) is 4.82. The van der Waals surface area contributed by atoms with Gasteiger partial charge in [0.05, 0.1) is 13.1 Å². The van der Waals surface area contributed by atoms with E-state index in [0.29, 0.717) is 4.48 Å². The molecule has 3 nitrogen and oxygen atoms in total. The SMILES string of the molecule is CCCCCCCCCCCC/C=C/CCCCCCC1=NCC[N+]1(CC)C(C)O. The van der Waals surface area contributed by atoms with Crippen LogP contribution in [0.15, 0.2) is 17.1 Å². The third kappa shape index (κ3) is 11.1. The van der Waals surface area contributed by atoms with Crippen LogP contribution in [0.3, 0.4) is 0 Å². The minimum Gasteiger partial charge on any atom is -0.345 e. The van der Waals surface area contributed by atoms with Crippen LogP contribution in [0.5, 0.6) is 0 Å². The lowest BCUT2D eigenvalue weighted by molar-refractivity contribution is -0.882. The van der Waals surface area contributed by atoms with Gasteiger partial charge in [-0.1, -0.05) is 89.7 Å². The maximum Gasteiger partial charge on any atom is 0.200 e. The summed E-state index contributed by atoms with van der Waals surface area (Å²) in [4.78, 5) is 4.71. The van der Waals surface area contributed by atoms with Crippen molar-refractivity contribution in [3.05, 3.63) is 12.2 Å². The van der Waals surface area contributed by atoms with Crippen LogP contribution in [-0.2, 0) is 0 Å². The quantitative estimate of drug-likeness (QED) is 0.121. The number of unbranched alkanes of at least 4 members (excludes halogenated alkanes) is 14. The molecule has 2 unspecified atom stereocenters. The molecule has 30 heavy (non-hydrogen) atoms. The molecule has 0 spiro atoms. The molecule has 2 atom stereocenters. The predicted octanol–water partition coefficient (Wildman–Crippen LogP) is 7.78. The maximum absolute atomic E-state index is 10.2. The fourth-order valence-electron chi connectivity index (χ4n) is 4.82. The van der Waals surface area contributed by atoms with Crippen LogP contribution in [0.25, 0.3) is 0 Å². The Morgan fingerprint density at radius 2 is 1.30 bits per heavy atom. The minimum absolute atomic E-state index is 0.322. The summed E-state index contributed by atoms with van der Waals surface area (Å²) in [7, 11) is 0. The fraction of sp³-hybridized carbons (Fsp3) is 0.889. The highest BCUT2D eigenvalue weighted by atomic mass is 16.3. The van der Waals surface area contributed by atoms with Crippen molar-refractivity contribution in [3.8, 4) is 0 Å². The van der Waals surface area contributed by atoms with E-state index < -0.39 is 0 Å². The van der Waals surface area contributed by atoms with Gasteiger partial charge in [-0.3, -0.25) is 4.48 Å². The Kier molecular flexibility index (Phi) is 16.4. The average molecular weight is 422 g/mol. The lowest BCUT2D eigenvalue weighted by Gasteiger charge is -2.36. The highest BCUT2D eigenvalue weighted by Crippen LogP contribution is 2.22. The Balaban J connectivity index is 1.89. The summed E-state index contributed by atoms with van der Waals surface area (Å²) < 4.78 is 0.710. The Bertz CT molecular complexity index is 458. The highest BCUT2D eigenvalue weighted by molar-refractivity contribution is 5.76. The number of allylic oxidation sites excluding steroid dienone is 2. The molecular weight excluding hydrogens is 368 g/mol. The summed E-state index contributed by atoms with van der Waals surface area (Å²) in [6, 6.07) is 0. The number of amidine groups is 1. The monoisotopic (exact) mass is 421 g/mol. The summed E-state index contributed by atoms with van der Waals surface area (Å²) in [5.41, 5.74) is 0. The number of likely N-dealkylation sites (N-methyl/N-ethyl adjacent to an activating group) is 1. The summed E-state index contributed by atoms with van der Waals surface area (Å²) in [6.07, 6.45) is 27.4. The molecule has 0 saturated heterocycles. The van der Waals surface area contributed by atoms with E-state index in [2.05, 4.69) is 26.0 Å². The van der Waals surface area contributed by atoms with Crippen LogP contribution < -0.4 is 0 Å². The van der Waals surface area contributed by atoms with Gasteiger partial charge in [0.15, 0.2) is 6.23 Å². The van der Waals surface area contributed by atoms with Gasteiger partial charge < -0.3 is 5.11 Å². The molecule has 176 valence electrons. The maximum atomic E-state index is 10.2. The molecule has 0 aromatic rings. The summed E-state index contributed by atoms with van der Waals surface area (Å²) >= 11 is 0. The second-order valence-electron chi connectivity index (χ2n) is 9.40. The predicted molar refractivity (Wildman–Crippen MR) is 133 cm³/mol. The van der Waals surface area contributed by atoms with Crippen molar-refractivity contribution in [3.63, 3.8) is 0 Å². The van der Waals surface area contributed by atoms with Crippen molar-refractivity contribution >= 4 is 5.84 Å². The van der Waals surface area contributed by atoms with Crippen molar-refractivity contribution < 1.29 is 9.59 Å². The van der Waals surface area contributed by atoms with Crippen molar-refractivity contribution in [2.75, 3.05) is 19.6 Å². The Labute approximate surface area is 188 Å². The molecule has 1 N–H and O–H groups in total. The van der Waals surface area contributed by atoms with E-state index in [1.54, 1.807) is 0 Å². The number of nitrogens with zero attached hydrogens (tertiary/aromatic N) is 2. The van der Waals surface area contributed by atoms with Crippen LogP contribution >= 0.6 is 0 Å². The first kappa shape index (κ1) is 27.4. The zero-order valence-corrected chi connectivity index (χ0v) is 20.7. The van der Waals surface area contributed by atoms with Gasteiger partial charge in [-0.15, -0.1) is 0 Å². The van der Waals surface area contributed by atoms with Gasteiger partial charge in [-0.25, -0.2) is 4.99 Å². The Hall–Kier alpha value is -0.670. The number of aliphatic hydroxyl groups is 1. The molecule has 1 aliphatic rings. The Morgan fingerprint density at radius 3 is 1.80 bits per heavy atom. The first-order chi connectivity index (χ1) is 14.7. The average Bonchev–Trinajstić information content (AvgIpc) is 3.17. The van der Waals surface area contributed by atoms with E-state index in [1.165, 1.54) is 109 Å². The lowest BCUT2D eigenvalue weighted by atomic mass is 10.1. The number of rotatable bonds is 20. The van der Waals surface area contributed by atoms with Crippen LogP contribution in [0.4, 0.5) is 0 Å². The molecule has 0 bridgehead atoms. The van der Waals surface area contributed by atoms with E-state index in [1.807, 2.05) is 6.92 Å². The number of quaternary nitrogens is 1. The third-order valence-corrected chi connectivity index (χ3v) is 7.00. The highest BCUT2D eigenvalue weighted by Gasteiger charge is 2.40. The number of aliphatic hydroxyl groups excluding tert-OH is 1. The second kappa shape index (κ2) is 18.0. The number of aliphatic imine (C=N–C) groups is 1. The minimum atomic E-state index is -0.322. The van der Waals surface area contributed by atoms with Gasteiger partial charge in [0, 0.05) is 13.3 Å². The van der Waals surface area contributed by atoms with Gasteiger partial charge >= 0.3 is 0 Å². The van der Waals surface area contributed by atoms with Gasteiger partial charge in [0.1, 0.15) is 6.54 Å². The van der Waals surface area contributed by atoms with E-state index in [4.69, 9.17) is 4.99 Å². The molecule has 3 heteroatoms. The van der Waals surface area contributed by atoms with E-state index in [0.717, 1.165) is 26.1 Å². The molecule has 0 aromatic heterocycles. The largest absolute Gasteiger partial charge is 0.345 e. The molecule has 1 heterocycles. The molecule has 0 aromatic carbocycles. The third-order valence-electron chi connectivity index (χ3n) is 7.00. The summed E-state index contributed by atoms with van der Waals surface area (Å²) in [5.74, 6) is 1.24. The van der Waals surface area contributed by atoms with Crippen molar-refractivity contribution in [2.45, 2.75) is 136 Å². The van der Waals surface area contributed by atoms with Crippen molar-refractivity contribution in [2.24, 2.45) is 4.99 Å². The molecule has 1 aliphatic heterocycles. The smallest absolute Gasteiger partial charge is 0.200 e. The zero-order valence-electron chi connectivity index (χ0n) is 20.7. The van der Waals surface area contributed by atoms with Gasteiger partial charge in [0.2, 0.25) is 5.84 Å². The molecule has 0 aliphatic carbocycles. The standard InChI is InChI=1S/C27H53N2O/c1-4-6-7-8-9-10-11-12-13-14-15-16-17-18-19-20-21-22-23-27-28-24-25-29(27,5-2)26(3)30/h16-17,26,30H,4-15,18-25H2,1-3H3/q+1/b17-16+. The van der Waals surface area contributed by atoms with Gasteiger partial charge in [0.25, 0.3) is 0 Å². The first-order valence-electron chi connectivity index (χ1n) is 13.4. The molecule has 0 amide bonds. The van der Waals surface area contributed by atoms with Crippen LogP contribution in [0, 0.1) is 0 Å². The molecular formula is C27H53N2O+. The zero-order chi connectivity index (χ0) is 21.9. The van der Waals surface area contributed by atoms with E-state index in [-0.39, 0.29) is 6.23 Å². The van der Waals surface area contributed by atoms with E-state index in [9.17, 15) is 5.11 Å². The molecule has 0 saturated carbocycles. The van der Waals surface area contributed by atoms with Gasteiger partial charge in [-0.2, -0.15) is 0 Å². The van der Waals surface area contributed by atoms with Crippen LogP contribution in [-0.4, -0.2) is 41.3 Å². The number of hydrogen-bond donors (Lipinski definition) is 1.